The second-order valence-electron chi connectivity index (χ2n) is 5.99. The van der Waals surface area contributed by atoms with Gasteiger partial charge in [-0.2, -0.15) is 4.98 Å². The lowest BCUT2D eigenvalue weighted by Crippen LogP contribution is -2.37. The minimum atomic E-state index is 0. The topological polar surface area (TPSA) is 93.8 Å². The van der Waals surface area contributed by atoms with Gasteiger partial charge in [-0.1, -0.05) is 25.1 Å². The number of ether oxygens (including phenoxy) is 2. The second-order valence-corrected chi connectivity index (χ2v) is 5.99. The van der Waals surface area contributed by atoms with Crippen molar-refractivity contribution in [3.63, 3.8) is 0 Å². The molecule has 1 aromatic heterocycles. The van der Waals surface area contributed by atoms with Gasteiger partial charge < -0.3 is 24.6 Å². The van der Waals surface area contributed by atoms with Crippen LogP contribution in [0.5, 0.6) is 11.5 Å². The van der Waals surface area contributed by atoms with Crippen molar-refractivity contribution in [1.29, 1.82) is 0 Å². The molecule has 1 aliphatic heterocycles. The molecular formula is C17H24IN5O3. The van der Waals surface area contributed by atoms with Crippen LogP contribution in [0, 0.1) is 0 Å². The number of guanidine groups is 1. The predicted molar refractivity (Wildman–Crippen MR) is 108 cm³/mol. The number of aromatic nitrogens is 2. The standard InChI is InChI=1S/C17H23N5O3.HI/c1-11(2)16-21-15(25-22-16)6-7-19-17(18-3)20-9-12-4-5-13-14(8-12)24-10-23-13;/h4-5,8,11H,6-7,9-10H2,1-3H3,(H2,18,19,20);1H. The van der Waals surface area contributed by atoms with Gasteiger partial charge in [0, 0.05) is 32.5 Å². The Morgan fingerprint density at radius 1 is 1.23 bits per heavy atom. The predicted octanol–water partition coefficient (Wildman–Crippen LogP) is 2.45. The van der Waals surface area contributed by atoms with Crippen molar-refractivity contribution in [2.24, 2.45) is 4.99 Å². The van der Waals surface area contributed by atoms with Gasteiger partial charge >= 0.3 is 0 Å². The van der Waals surface area contributed by atoms with Gasteiger partial charge in [0.2, 0.25) is 12.7 Å². The van der Waals surface area contributed by atoms with Gasteiger partial charge in [-0.15, -0.1) is 24.0 Å². The summed E-state index contributed by atoms with van der Waals surface area (Å²) in [5, 5.41) is 10.5. The van der Waals surface area contributed by atoms with Crippen molar-refractivity contribution < 1.29 is 14.0 Å². The molecule has 0 saturated heterocycles. The zero-order chi connectivity index (χ0) is 17.6. The molecule has 3 rings (SSSR count). The van der Waals surface area contributed by atoms with E-state index >= 15 is 0 Å². The van der Waals surface area contributed by atoms with E-state index < -0.39 is 0 Å². The first-order valence-electron chi connectivity index (χ1n) is 8.31. The molecule has 26 heavy (non-hydrogen) atoms. The number of nitrogens with zero attached hydrogens (tertiary/aromatic N) is 3. The van der Waals surface area contributed by atoms with Crippen molar-refractivity contribution in [3.05, 3.63) is 35.5 Å². The Kier molecular flexibility index (Phi) is 7.49. The molecule has 2 aromatic rings. The quantitative estimate of drug-likeness (QED) is 0.378. The first-order chi connectivity index (χ1) is 12.2. The van der Waals surface area contributed by atoms with Gasteiger partial charge in [-0.05, 0) is 17.7 Å². The fourth-order valence-electron chi connectivity index (χ4n) is 2.35. The van der Waals surface area contributed by atoms with Crippen LogP contribution in [0.15, 0.2) is 27.7 Å². The van der Waals surface area contributed by atoms with Crippen LogP contribution in [-0.4, -0.2) is 36.5 Å². The molecule has 0 unspecified atom stereocenters. The molecule has 1 aromatic carbocycles. The summed E-state index contributed by atoms with van der Waals surface area (Å²) in [5.41, 5.74) is 1.09. The highest BCUT2D eigenvalue weighted by molar-refractivity contribution is 14.0. The zero-order valence-corrected chi connectivity index (χ0v) is 17.4. The molecule has 0 aliphatic carbocycles. The van der Waals surface area contributed by atoms with Crippen LogP contribution >= 0.6 is 24.0 Å². The molecule has 0 amide bonds. The number of benzene rings is 1. The van der Waals surface area contributed by atoms with Crippen molar-refractivity contribution in [3.8, 4) is 11.5 Å². The molecule has 1 aliphatic rings. The van der Waals surface area contributed by atoms with E-state index in [0.717, 1.165) is 22.9 Å². The first kappa shape index (κ1) is 20.3. The van der Waals surface area contributed by atoms with Crippen LogP contribution in [-0.2, 0) is 13.0 Å². The summed E-state index contributed by atoms with van der Waals surface area (Å²) in [4.78, 5) is 8.57. The zero-order valence-electron chi connectivity index (χ0n) is 15.1. The average molecular weight is 473 g/mol. The average Bonchev–Trinajstić information content (AvgIpc) is 3.26. The highest BCUT2D eigenvalue weighted by Crippen LogP contribution is 2.32. The normalized spacial score (nSPS) is 12.8. The van der Waals surface area contributed by atoms with E-state index in [2.05, 4.69) is 25.8 Å². The van der Waals surface area contributed by atoms with Crippen molar-refractivity contribution in [2.45, 2.75) is 32.7 Å². The lowest BCUT2D eigenvalue weighted by atomic mass is 10.2. The Bertz CT molecular complexity index is 748. The van der Waals surface area contributed by atoms with E-state index in [1.807, 2.05) is 32.0 Å². The van der Waals surface area contributed by atoms with Gasteiger partial charge in [-0.3, -0.25) is 4.99 Å². The summed E-state index contributed by atoms with van der Waals surface area (Å²) >= 11 is 0. The molecule has 0 atom stereocenters. The minimum absolute atomic E-state index is 0. The summed E-state index contributed by atoms with van der Waals surface area (Å²) in [6.07, 6.45) is 0.643. The number of fused-ring (bicyclic) bond motifs is 1. The molecule has 0 fully saturated rings. The van der Waals surface area contributed by atoms with Gasteiger partial charge in [0.1, 0.15) is 0 Å². The smallest absolute Gasteiger partial charge is 0.231 e. The molecule has 0 radical (unpaired) electrons. The Morgan fingerprint density at radius 2 is 2.04 bits per heavy atom. The van der Waals surface area contributed by atoms with E-state index in [9.17, 15) is 0 Å². The van der Waals surface area contributed by atoms with E-state index in [-0.39, 0.29) is 36.7 Å². The van der Waals surface area contributed by atoms with E-state index in [1.165, 1.54) is 0 Å². The highest BCUT2D eigenvalue weighted by atomic mass is 127. The third-order valence-corrected chi connectivity index (χ3v) is 3.75. The van der Waals surface area contributed by atoms with Gasteiger partial charge in [0.15, 0.2) is 23.3 Å². The number of halogens is 1. The molecule has 142 valence electrons. The summed E-state index contributed by atoms with van der Waals surface area (Å²) in [6, 6.07) is 5.88. The number of hydrogen-bond acceptors (Lipinski definition) is 6. The maximum Gasteiger partial charge on any atom is 0.231 e. The fraction of sp³-hybridized carbons (Fsp3) is 0.471. The van der Waals surface area contributed by atoms with Crippen molar-refractivity contribution >= 4 is 29.9 Å². The lowest BCUT2D eigenvalue weighted by Gasteiger charge is -2.11. The SMILES string of the molecule is CN=C(NCCc1nc(C(C)C)no1)NCc1ccc2c(c1)OCO2.I. The third kappa shape index (κ3) is 5.23. The summed E-state index contributed by atoms with van der Waals surface area (Å²) in [6.45, 7) is 5.64. The Hall–Kier alpha value is -2.04. The van der Waals surface area contributed by atoms with Crippen LogP contribution in [0.25, 0.3) is 0 Å². The summed E-state index contributed by atoms with van der Waals surface area (Å²) < 4.78 is 15.9. The van der Waals surface area contributed by atoms with Crippen molar-refractivity contribution in [1.82, 2.24) is 20.8 Å². The molecule has 2 N–H and O–H groups in total. The van der Waals surface area contributed by atoms with Crippen LogP contribution in [0.2, 0.25) is 0 Å². The molecule has 8 nitrogen and oxygen atoms in total. The lowest BCUT2D eigenvalue weighted by molar-refractivity contribution is 0.174. The first-order valence-corrected chi connectivity index (χ1v) is 8.31. The molecule has 0 saturated carbocycles. The van der Waals surface area contributed by atoms with E-state index in [1.54, 1.807) is 7.05 Å². The summed E-state index contributed by atoms with van der Waals surface area (Å²) in [5.74, 6) is 3.90. The number of rotatable bonds is 6. The molecule has 2 heterocycles. The van der Waals surface area contributed by atoms with Gasteiger partial charge in [-0.25, -0.2) is 0 Å². The third-order valence-electron chi connectivity index (χ3n) is 3.75. The Labute approximate surface area is 169 Å². The van der Waals surface area contributed by atoms with Gasteiger partial charge in [0.25, 0.3) is 0 Å². The maximum absolute atomic E-state index is 5.39. The van der Waals surface area contributed by atoms with Crippen LogP contribution in [0.3, 0.4) is 0 Å². The van der Waals surface area contributed by atoms with Crippen molar-refractivity contribution in [2.75, 3.05) is 20.4 Å². The summed E-state index contributed by atoms with van der Waals surface area (Å²) in [7, 11) is 1.73. The van der Waals surface area contributed by atoms with Crippen LogP contribution in [0.4, 0.5) is 0 Å². The van der Waals surface area contributed by atoms with E-state index in [0.29, 0.717) is 31.4 Å². The fourth-order valence-corrected chi connectivity index (χ4v) is 2.35. The number of aliphatic imine (C=N–C) groups is 1. The largest absolute Gasteiger partial charge is 0.454 e. The maximum atomic E-state index is 5.39. The molecule has 9 heteroatoms. The molecular weight excluding hydrogens is 449 g/mol. The Balaban J connectivity index is 0.00000243. The molecule has 0 spiro atoms. The van der Waals surface area contributed by atoms with Crippen LogP contribution in [0.1, 0.15) is 37.0 Å². The molecule has 0 bridgehead atoms. The Morgan fingerprint density at radius 3 is 2.77 bits per heavy atom. The van der Waals surface area contributed by atoms with Gasteiger partial charge in [0.05, 0.1) is 0 Å². The number of nitrogens with one attached hydrogen (secondary N) is 2. The van der Waals surface area contributed by atoms with E-state index in [4.69, 9.17) is 14.0 Å². The number of hydrogen-bond donors (Lipinski definition) is 2. The second kappa shape index (κ2) is 9.60. The van der Waals surface area contributed by atoms with Crippen LogP contribution < -0.4 is 20.1 Å². The monoisotopic (exact) mass is 473 g/mol. The highest BCUT2D eigenvalue weighted by Gasteiger charge is 2.13. The minimum Gasteiger partial charge on any atom is -0.454 e.